The average molecular weight is 305 g/mol. The molecule has 0 spiro atoms. The number of nitrogen functional groups attached to an aromatic ring is 1. The van der Waals surface area contributed by atoms with Crippen molar-refractivity contribution in [3.05, 3.63) is 10.9 Å². The third-order valence-electron chi connectivity index (χ3n) is 4.41. The highest BCUT2D eigenvalue weighted by Crippen LogP contribution is 2.33. The normalized spacial score (nSPS) is 19.0. The van der Waals surface area contributed by atoms with E-state index in [1.807, 2.05) is 0 Å². The van der Waals surface area contributed by atoms with E-state index in [4.69, 9.17) is 5.73 Å². The molecule has 0 bridgehead atoms. The number of hydrogen-bond donors (Lipinski definition) is 2. The number of likely N-dealkylation sites (tertiary alicyclic amines) is 1. The number of nitrogens with one attached hydrogen (secondary N) is 1. The molecular formula is C15H23N5S. The third kappa shape index (κ3) is 3.11. The summed E-state index contributed by atoms with van der Waals surface area (Å²) in [5.41, 5.74) is 6.15. The number of aryl methyl sites for hydroxylation is 1. The van der Waals surface area contributed by atoms with Crippen molar-refractivity contribution in [1.82, 2.24) is 14.9 Å². The van der Waals surface area contributed by atoms with Gasteiger partial charge < -0.3 is 16.0 Å². The third-order valence-corrected chi connectivity index (χ3v) is 5.35. The van der Waals surface area contributed by atoms with Crippen molar-refractivity contribution < 1.29 is 0 Å². The van der Waals surface area contributed by atoms with E-state index in [9.17, 15) is 0 Å². The minimum Gasteiger partial charge on any atom is -0.369 e. The number of hydrogen-bond acceptors (Lipinski definition) is 6. The maximum atomic E-state index is 5.83. The maximum absolute atomic E-state index is 5.83. The van der Waals surface area contributed by atoms with Gasteiger partial charge in [-0.15, -0.1) is 11.3 Å². The highest BCUT2D eigenvalue weighted by Gasteiger charge is 2.29. The number of nitrogens with two attached hydrogens (primary N) is 1. The molecule has 1 aliphatic heterocycles. The Hall–Kier alpha value is -1.40. The highest BCUT2D eigenvalue weighted by molar-refractivity contribution is 7.18. The van der Waals surface area contributed by atoms with E-state index in [0.29, 0.717) is 11.4 Å². The zero-order valence-corrected chi connectivity index (χ0v) is 13.8. The molecule has 1 aliphatic rings. The lowest BCUT2D eigenvalue weighted by Crippen LogP contribution is -2.40. The van der Waals surface area contributed by atoms with Gasteiger partial charge in [-0.25, -0.2) is 4.98 Å². The molecule has 1 fully saturated rings. The van der Waals surface area contributed by atoms with Crippen LogP contribution < -0.4 is 11.1 Å². The number of anilines is 2. The number of piperidine rings is 1. The van der Waals surface area contributed by atoms with Crippen LogP contribution in [0.5, 0.6) is 0 Å². The van der Waals surface area contributed by atoms with E-state index < -0.39 is 0 Å². The first-order valence-electron chi connectivity index (χ1n) is 7.41. The first kappa shape index (κ1) is 14.5. The van der Waals surface area contributed by atoms with Crippen LogP contribution in [0, 0.1) is 12.3 Å². The molecule has 1 saturated heterocycles. The van der Waals surface area contributed by atoms with Crippen LogP contribution in [0.4, 0.5) is 11.8 Å². The van der Waals surface area contributed by atoms with Crippen LogP contribution in [0.15, 0.2) is 6.07 Å². The van der Waals surface area contributed by atoms with Crippen molar-refractivity contribution >= 4 is 33.3 Å². The molecule has 3 heterocycles. The van der Waals surface area contributed by atoms with Gasteiger partial charge >= 0.3 is 0 Å². The largest absolute Gasteiger partial charge is 0.369 e. The summed E-state index contributed by atoms with van der Waals surface area (Å²) in [6.07, 6.45) is 2.42. The Labute approximate surface area is 129 Å². The van der Waals surface area contributed by atoms with Gasteiger partial charge in [-0.3, -0.25) is 0 Å². The fraction of sp³-hybridized carbons (Fsp3) is 0.600. The van der Waals surface area contributed by atoms with Crippen molar-refractivity contribution in [1.29, 1.82) is 0 Å². The lowest BCUT2D eigenvalue weighted by Gasteiger charge is -2.38. The monoisotopic (exact) mass is 305 g/mol. The van der Waals surface area contributed by atoms with Gasteiger partial charge in [0.15, 0.2) is 0 Å². The molecule has 0 saturated carbocycles. The van der Waals surface area contributed by atoms with Crippen LogP contribution in [-0.4, -0.2) is 41.5 Å². The molecule has 0 aromatic carbocycles. The van der Waals surface area contributed by atoms with Gasteiger partial charge in [-0.05, 0) is 51.4 Å². The van der Waals surface area contributed by atoms with Gasteiger partial charge in [0.2, 0.25) is 5.95 Å². The number of aromatic nitrogens is 2. The van der Waals surface area contributed by atoms with E-state index in [1.54, 1.807) is 11.3 Å². The van der Waals surface area contributed by atoms with Gasteiger partial charge in [-0.2, -0.15) is 4.98 Å². The molecule has 0 unspecified atom stereocenters. The van der Waals surface area contributed by atoms with E-state index in [1.165, 1.54) is 17.7 Å². The second-order valence-electron chi connectivity index (χ2n) is 6.47. The van der Waals surface area contributed by atoms with Gasteiger partial charge in [0.1, 0.15) is 10.6 Å². The fourth-order valence-corrected chi connectivity index (χ4v) is 3.71. The maximum Gasteiger partial charge on any atom is 0.223 e. The van der Waals surface area contributed by atoms with Crippen LogP contribution in [0.25, 0.3) is 10.2 Å². The summed E-state index contributed by atoms with van der Waals surface area (Å²) >= 11 is 1.66. The highest BCUT2D eigenvalue weighted by atomic mass is 32.1. The standard InChI is InChI=1S/C15H23N5S/c1-10-8-11-12(18-14(16)19-13(11)21-10)17-9-15(2)4-6-20(3)7-5-15/h8H,4-7,9H2,1-3H3,(H3,16,17,18,19). The van der Waals surface area contributed by atoms with E-state index in [2.05, 4.69) is 47.1 Å². The van der Waals surface area contributed by atoms with E-state index in [-0.39, 0.29) is 0 Å². The fourth-order valence-electron chi connectivity index (χ4n) is 2.83. The molecule has 0 radical (unpaired) electrons. The van der Waals surface area contributed by atoms with Crippen LogP contribution in [0.1, 0.15) is 24.6 Å². The summed E-state index contributed by atoms with van der Waals surface area (Å²) in [5, 5.41) is 4.61. The second kappa shape index (κ2) is 5.42. The predicted octanol–water partition coefficient (Wildman–Crippen LogP) is 2.73. The summed E-state index contributed by atoms with van der Waals surface area (Å²) in [6.45, 7) is 7.70. The molecule has 2 aromatic heterocycles. The molecule has 0 atom stereocenters. The molecule has 114 valence electrons. The molecule has 3 N–H and O–H groups in total. The molecule has 0 aliphatic carbocycles. The van der Waals surface area contributed by atoms with Gasteiger partial charge in [0.05, 0.1) is 5.39 Å². The zero-order valence-electron chi connectivity index (χ0n) is 12.9. The summed E-state index contributed by atoms with van der Waals surface area (Å²) in [5.74, 6) is 1.22. The minimum atomic E-state index is 0.323. The Morgan fingerprint density at radius 2 is 2.10 bits per heavy atom. The van der Waals surface area contributed by atoms with Crippen LogP contribution in [-0.2, 0) is 0 Å². The predicted molar refractivity (Wildman–Crippen MR) is 89.9 cm³/mol. The second-order valence-corrected chi connectivity index (χ2v) is 7.71. The van der Waals surface area contributed by atoms with Gasteiger partial charge in [0, 0.05) is 11.4 Å². The number of rotatable bonds is 3. The smallest absolute Gasteiger partial charge is 0.223 e. The Bertz CT molecular complexity index is 643. The van der Waals surface area contributed by atoms with E-state index in [0.717, 1.165) is 35.7 Å². The summed E-state index contributed by atoms with van der Waals surface area (Å²) in [6, 6.07) is 2.14. The summed E-state index contributed by atoms with van der Waals surface area (Å²) in [7, 11) is 2.19. The lowest BCUT2D eigenvalue weighted by molar-refractivity contribution is 0.150. The lowest BCUT2D eigenvalue weighted by atomic mass is 9.80. The average Bonchev–Trinajstić information content (AvgIpc) is 2.80. The van der Waals surface area contributed by atoms with E-state index >= 15 is 0 Å². The van der Waals surface area contributed by atoms with Crippen molar-refractivity contribution in [2.24, 2.45) is 5.41 Å². The van der Waals surface area contributed by atoms with Gasteiger partial charge in [-0.1, -0.05) is 6.92 Å². The van der Waals surface area contributed by atoms with Crippen molar-refractivity contribution in [2.75, 3.05) is 37.7 Å². The summed E-state index contributed by atoms with van der Waals surface area (Å²) in [4.78, 5) is 13.3. The molecule has 6 heteroatoms. The summed E-state index contributed by atoms with van der Waals surface area (Å²) < 4.78 is 0. The Kier molecular flexibility index (Phi) is 3.75. The number of thiophene rings is 1. The van der Waals surface area contributed by atoms with Crippen molar-refractivity contribution in [3.63, 3.8) is 0 Å². The minimum absolute atomic E-state index is 0.323. The molecule has 5 nitrogen and oxygen atoms in total. The van der Waals surface area contributed by atoms with Crippen molar-refractivity contribution in [3.8, 4) is 0 Å². The first-order valence-corrected chi connectivity index (χ1v) is 8.23. The van der Waals surface area contributed by atoms with Crippen LogP contribution in [0.2, 0.25) is 0 Å². The van der Waals surface area contributed by atoms with Crippen LogP contribution >= 0.6 is 11.3 Å². The Morgan fingerprint density at radius 1 is 1.38 bits per heavy atom. The molecular weight excluding hydrogens is 282 g/mol. The Morgan fingerprint density at radius 3 is 2.81 bits per heavy atom. The number of fused-ring (bicyclic) bond motifs is 1. The molecule has 3 rings (SSSR count). The molecule has 21 heavy (non-hydrogen) atoms. The quantitative estimate of drug-likeness (QED) is 0.912. The van der Waals surface area contributed by atoms with Crippen molar-refractivity contribution in [2.45, 2.75) is 26.7 Å². The Balaban J connectivity index is 1.79. The number of nitrogens with zero attached hydrogens (tertiary/aromatic N) is 3. The SMILES string of the molecule is Cc1cc2c(NCC3(C)CCN(C)CC3)nc(N)nc2s1. The zero-order chi connectivity index (χ0) is 15.0. The molecule has 0 amide bonds. The van der Waals surface area contributed by atoms with Crippen LogP contribution in [0.3, 0.4) is 0 Å². The van der Waals surface area contributed by atoms with Gasteiger partial charge in [0.25, 0.3) is 0 Å². The molecule has 2 aromatic rings. The first-order chi connectivity index (χ1) is 9.95. The topological polar surface area (TPSA) is 67.1 Å².